The first kappa shape index (κ1) is 29.4. The number of benzene rings is 2. The molecule has 0 unspecified atom stereocenters. The predicted molar refractivity (Wildman–Crippen MR) is 137 cm³/mol. The van der Waals surface area contributed by atoms with Gasteiger partial charge in [0.1, 0.15) is 17.5 Å². The van der Waals surface area contributed by atoms with Crippen molar-refractivity contribution in [1.29, 1.82) is 0 Å². The van der Waals surface area contributed by atoms with E-state index in [0.29, 0.717) is 6.42 Å². The molecule has 37 heavy (non-hydrogen) atoms. The van der Waals surface area contributed by atoms with Crippen LogP contribution in [0.5, 0.6) is 0 Å². The van der Waals surface area contributed by atoms with Crippen LogP contribution in [-0.4, -0.2) is 30.2 Å². The van der Waals surface area contributed by atoms with Crippen molar-refractivity contribution >= 4 is 17.6 Å². The smallest absolute Gasteiger partial charge is 0.416 e. The Morgan fingerprint density at radius 3 is 2.24 bits per heavy atom. The Balaban J connectivity index is 2.42. The second-order valence-corrected chi connectivity index (χ2v) is 12.4. The summed E-state index contributed by atoms with van der Waals surface area (Å²) in [6.07, 6.45) is -4.33. The van der Waals surface area contributed by atoms with Crippen LogP contribution in [0.15, 0.2) is 42.5 Å². The second-order valence-electron chi connectivity index (χ2n) is 11.9. The van der Waals surface area contributed by atoms with Gasteiger partial charge < -0.3 is 15.8 Å². The molecule has 0 bridgehead atoms. The number of carbonyl (C=O) groups is 1. The fourth-order valence-electron chi connectivity index (χ4n) is 5.47. The van der Waals surface area contributed by atoms with Gasteiger partial charge in [-0.25, -0.2) is 4.39 Å². The topological polar surface area (TPSA) is 64.3 Å². The van der Waals surface area contributed by atoms with E-state index in [4.69, 9.17) is 22.1 Å². The molecule has 0 amide bonds. The van der Waals surface area contributed by atoms with Crippen molar-refractivity contribution in [2.24, 2.45) is 11.1 Å². The van der Waals surface area contributed by atoms with Gasteiger partial charge in [-0.2, -0.15) is 13.2 Å². The molecule has 9 heteroatoms. The monoisotopic (exact) mass is 542 g/mol. The van der Waals surface area contributed by atoms with Gasteiger partial charge in [-0.1, -0.05) is 50.6 Å². The van der Waals surface area contributed by atoms with Gasteiger partial charge in [-0.05, 0) is 68.0 Å². The zero-order valence-corrected chi connectivity index (χ0v) is 22.7. The van der Waals surface area contributed by atoms with Gasteiger partial charge in [0.05, 0.1) is 5.56 Å². The maximum absolute atomic E-state index is 15.6. The molecule has 0 saturated carbocycles. The van der Waals surface area contributed by atoms with E-state index in [1.54, 1.807) is 20.8 Å². The van der Waals surface area contributed by atoms with Crippen LogP contribution in [0.3, 0.4) is 0 Å². The van der Waals surface area contributed by atoms with E-state index >= 15 is 4.39 Å². The first-order chi connectivity index (χ1) is 16.9. The van der Waals surface area contributed by atoms with Crippen LogP contribution in [0.25, 0.3) is 0 Å². The fourth-order valence-corrected chi connectivity index (χ4v) is 5.64. The quantitative estimate of drug-likeness (QED) is 0.330. The summed E-state index contributed by atoms with van der Waals surface area (Å²) in [4.78, 5) is 13.6. The van der Waals surface area contributed by atoms with Crippen LogP contribution in [0.2, 0.25) is 5.02 Å². The number of hydrogen-bond acceptors (Lipinski definition) is 4. The van der Waals surface area contributed by atoms with Crippen molar-refractivity contribution in [2.75, 3.05) is 6.54 Å². The lowest BCUT2D eigenvalue weighted by Gasteiger charge is -2.42. The van der Waals surface area contributed by atoms with Gasteiger partial charge in [-0.3, -0.25) is 4.79 Å². The molecule has 204 valence electrons. The highest BCUT2D eigenvalue weighted by molar-refractivity contribution is 6.30. The number of halogens is 5. The van der Waals surface area contributed by atoms with Crippen LogP contribution >= 0.6 is 11.6 Å². The summed E-state index contributed by atoms with van der Waals surface area (Å²) < 4.78 is 64.2. The highest BCUT2D eigenvalue weighted by Crippen LogP contribution is 2.54. The number of alkyl halides is 3. The van der Waals surface area contributed by atoms with Crippen molar-refractivity contribution < 1.29 is 27.1 Å². The highest BCUT2D eigenvalue weighted by atomic mass is 35.5. The van der Waals surface area contributed by atoms with Gasteiger partial charge in [0.25, 0.3) is 0 Å². The van der Waals surface area contributed by atoms with Gasteiger partial charge in [0.2, 0.25) is 0 Å². The molecule has 2 aromatic carbocycles. The standard InChI is InChI=1S/C28H35ClF4N2O2/c1-25(2,3)14-21-27(15-34,19-13-16(29)11-12-20(19)30)22(23(35-21)24(36)37-26(4,5)6)17-9-7-8-10-18(17)28(31,32)33/h7-13,21-23,35H,14-15,34H2,1-6H3/t21-,22+,23+,27-/m0/s1. The summed E-state index contributed by atoms with van der Waals surface area (Å²) in [6, 6.07) is 7.12. The lowest BCUT2D eigenvalue weighted by molar-refractivity contribution is -0.158. The molecule has 3 rings (SSSR count). The zero-order valence-electron chi connectivity index (χ0n) is 22.0. The number of ether oxygens (including phenoxy) is 1. The van der Waals surface area contributed by atoms with Gasteiger partial charge >= 0.3 is 12.1 Å². The second kappa shape index (κ2) is 10.2. The summed E-state index contributed by atoms with van der Waals surface area (Å²) in [5, 5.41) is 3.46. The SMILES string of the molecule is CC(C)(C)C[C@@H]1N[C@@H](C(=O)OC(C)(C)C)[C@@H](c2ccccc2C(F)(F)F)[C@@]1(CN)c1cc(Cl)ccc1F. The van der Waals surface area contributed by atoms with E-state index in [-0.39, 0.29) is 28.1 Å². The number of nitrogens with two attached hydrogens (primary N) is 1. The molecule has 0 aromatic heterocycles. The van der Waals surface area contributed by atoms with Crippen molar-refractivity contribution in [3.05, 3.63) is 70.0 Å². The van der Waals surface area contributed by atoms with Crippen LogP contribution in [0, 0.1) is 11.2 Å². The molecular formula is C28H35ClF4N2O2. The number of rotatable bonds is 5. The van der Waals surface area contributed by atoms with E-state index in [2.05, 4.69) is 5.32 Å². The van der Waals surface area contributed by atoms with E-state index in [9.17, 15) is 18.0 Å². The molecule has 0 radical (unpaired) electrons. The Hall–Kier alpha value is -2.16. The van der Waals surface area contributed by atoms with Crippen LogP contribution in [-0.2, 0) is 21.1 Å². The van der Waals surface area contributed by atoms with E-state index < -0.39 is 52.5 Å². The Labute approximate surface area is 220 Å². The lowest BCUT2D eigenvalue weighted by atomic mass is 9.61. The third kappa shape index (κ3) is 6.13. The molecule has 0 aliphatic carbocycles. The minimum absolute atomic E-state index is 0.0669. The zero-order chi connectivity index (χ0) is 28.0. The highest BCUT2D eigenvalue weighted by Gasteiger charge is 2.61. The Bertz CT molecular complexity index is 1140. The van der Waals surface area contributed by atoms with E-state index in [1.165, 1.54) is 36.4 Å². The molecule has 3 N–H and O–H groups in total. The molecule has 1 saturated heterocycles. The average Bonchev–Trinajstić information content (AvgIpc) is 3.06. The van der Waals surface area contributed by atoms with Gasteiger partial charge in [0.15, 0.2) is 0 Å². The molecule has 1 aliphatic heterocycles. The third-order valence-electron chi connectivity index (χ3n) is 6.74. The maximum atomic E-state index is 15.6. The first-order valence-corrected chi connectivity index (χ1v) is 12.6. The van der Waals surface area contributed by atoms with Crippen molar-refractivity contribution in [2.45, 2.75) is 83.2 Å². The van der Waals surface area contributed by atoms with Crippen LogP contribution in [0.1, 0.15) is 70.6 Å². The molecule has 1 aliphatic rings. The Kier molecular flexibility index (Phi) is 8.10. The lowest BCUT2D eigenvalue weighted by Crippen LogP contribution is -2.50. The van der Waals surface area contributed by atoms with Crippen molar-refractivity contribution in [1.82, 2.24) is 5.32 Å². The predicted octanol–water partition coefficient (Wildman–Crippen LogP) is 6.60. The normalized spacial score (nSPS) is 24.8. The molecule has 2 aromatic rings. The van der Waals surface area contributed by atoms with Gasteiger partial charge in [0, 0.05) is 28.9 Å². The summed E-state index contributed by atoms with van der Waals surface area (Å²) >= 11 is 6.28. The van der Waals surface area contributed by atoms with E-state index in [1.807, 2.05) is 20.8 Å². The van der Waals surface area contributed by atoms with Crippen molar-refractivity contribution in [3.8, 4) is 0 Å². The molecule has 4 nitrogen and oxygen atoms in total. The number of esters is 1. The average molecular weight is 543 g/mol. The Morgan fingerprint density at radius 1 is 1.08 bits per heavy atom. The minimum Gasteiger partial charge on any atom is -0.459 e. The Morgan fingerprint density at radius 2 is 1.70 bits per heavy atom. The molecule has 0 spiro atoms. The maximum Gasteiger partial charge on any atom is 0.416 e. The number of hydrogen-bond donors (Lipinski definition) is 2. The molecular weight excluding hydrogens is 508 g/mol. The van der Waals surface area contributed by atoms with Crippen LogP contribution in [0.4, 0.5) is 17.6 Å². The summed E-state index contributed by atoms with van der Waals surface area (Å²) in [5.41, 5.74) is 2.73. The first-order valence-electron chi connectivity index (χ1n) is 12.2. The summed E-state index contributed by atoms with van der Waals surface area (Å²) in [7, 11) is 0. The number of nitrogens with one attached hydrogen (secondary N) is 1. The summed E-state index contributed by atoms with van der Waals surface area (Å²) in [6.45, 7) is 10.7. The number of carbonyl (C=O) groups excluding carboxylic acids is 1. The minimum atomic E-state index is -4.72. The largest absolute Gasteiger partial charge is 0.459 e. The van der Waals surface area contributed by atoms with E-state index in [0.717, 1.165) is 6.07 Å². The molecule has 1 heterocycles. The molecule has 4 atom stereocenters. The molecule has 1 fully saturated rings. The fraction of sp³-hybridized carbons (Fsp3) is 0.536. The van der Waals surface area contributed by atoms with Crippen molar-refractivity contribution in [3.63, 3.8) is 0 Å². The van der Waals surface area contributed by atoms with Gasteiger partial charge in [-0.15, -0.1) is 0 Å². The third-order valence-corrected chi connectivity index (χ3v) is 6.97. The summed E-state index contributed by atoms with van der Waals surface area (Å²) in [5.74, 6) is -2.59. The van der Waals surface area contributed by atoms with Crippen LogP contribution < -0.4 is 11.1 Å².